The number of anilines is 3. The highest BCUT2D eigenvalue weighted by atomic mass is 32.3. The summed E-state index contributed by atoms with van der Waals surface area (Å²) in [5.41, 5.74) is 11.0. The molecule has 0 spiro atoms. The van der Waals surface area contributed by atoms with Crippen LogP contribution in [0.1, 0.15) is 6.42 Å². The maximum Gasteiger partial charge on any atom is 0.472 e. The molecule has 0 bridgehead atoms. The van der Waals surface area contributed by atoms with Crippen molar-refractivity contribution in [3.63, 3.8) is 0 Å². The largest absolute Gasteiger partial charge is 0.870 e. The van der Waals surface area contributed by atoms with Crippen molar-refractivity contribution in [2.45, 2.75) is 6.42 Å². The lowest BCUT2D eigenvalue weighted by Gasteiger charge is -2.20. The quantitative estimate of drug-likeness (QED) is 0.313. The molecule has 2 heterocycles. The lowest BCUT2D eigenvalue weighted by molar-refractivity contribution is -0.836. The van der Waals surface area contributed by atoms with E-state index < -0.39 is 10.4 Å². The minimum absolute atomic E-state index is 0. The first-order chi connectivity index (χ1) is 8.87. The number of nitrogens with two attached hydrogens (primary N) is 2. The molecule has 0 saturated heterocycles. The first kappa shape index (κ1) is 15.9. The third-order valence-electron chi connectivity index (χ3n) is 2.35. The van der Waals surface area contributed by atoms with Gasteiger partial charge in [0.05, 0.1) is 0 Å². The predicted octanol–water partition coefficient (Wildman–Crippen LogP) is -2.25. The molecule has 112 valence electrons. The average Bonchev–Trinajstić information content (AvgIpc) is 2.33. The molecule has 0 fully saturated rings. The van der Waals surface area contributed by atoms with E-state index in [4.69, 9.17) is 16.0 Å². The van der Waals surface area contributed by atoms with Gasteiger partial charge in [-0.2, -0.15) is 8.42 Å². The van der Waals surface area contributed by atoms with E-state index >= 15 is 0 Å². The summed E-state index contributed by atoms with van der Waals surface area (Å²) in [5.74, 6) is -0.418. The number of hydrogen-bond donors (Lipinski definition) is 3. The number of nitrogen functional groups attached to an aromatic ring is 2. The highest BCUT2D eigenvalue weighted by Gasteiger charge is 2.24. The van der Waals surface area contributed by atoms with E-state index in [0.717, 1.165) is 6.42 Å². The third kappa shape index (κ3) is 3.66. The van der Waals surface area contributed by atoms with Crippen LogP contribution in [0.2, 0.25) is 0 Å². The zero-order valence-electron chi connectivity index (χ0n) is 10.2. The van der Waals surface area contributed by atoms with Crippen LogP contribution >= 0.6 is 0 Å². The number of aromatic nitrogens is 3. The van der Waals surface area contributed by atoms with Crippen LogP contribution in [0.4, 0.5) is 17.8 Å². The van der Waals surface area contributed by atoms with Crippen molar-refractivity contribution >= 4 is 28.2 Å². The van der Waals surface area contributed by atoms with Crippen molar-refractivity contribution < 1.29 is 27.5 Å². The molecular formula is C8H14N6O5S. The lowest BCUT2D eigenvalue weighted by Crippen LogP contribution is -2.51. The Labute approximate surface area is 114 Å². The normalized spacial score (nSPS) is 14.8. The Morgan fingerprint density at radius 1 is 1.30 bits per heavy atom. The molecule has 1 aromatic heterocycles. The molecule has 0 aliphatic carbocycles. The standard InChI is InChI=1S/C8H12N6O4S.H2O/c9-6-11-8(13-4-2-1-3-5-13)12-7(10)14(6)18-19(15,16)17;/h1-2H,3-5H2,(H4,9,10,11,12,15,16,17);1H2. The average molecular weight is 306 g/mol. The molecule has 0 saturated carbocycles. The van der Waals surface area contributed by atoms with Crippen LogP contribution in [0.3, 0.4) is 0 Å². The van der Waals surface area contributed by atoms with E-state index in [1.807, 2.05) is 17.1 Å². The summed E-state index contributed by atoms with van der Waals surface area (Å²) >= 11 is 0. The molecule has 20 heavy (non-hydrogen) atoms. The van der Waals surface area contributed by atoms with Crippen LogP contribution in [0, 0.1) is 0 Å². The maximum atomic E-state index is 10.6. The van der Waals surface area contributed by atoms with E-state index in [2.05, 4.69) is 14.3 Å². The summed E-state index contributed by atoms with van der Waals surface area (Å²) < 4.78 is 34.4. The van der Waals surface area contributed by atoms with Crippen LogP contribution in [0.25, 0.3) is 0 Å². The van der Waals surface area contributed by atoms with Crippen molar-refractivity contribution in [1.29, 1.82) is 0 Å². The van der Waals surface area contributed by atoms with Gasteiger partial charge in [-0.15, -0.1) is 0 Å². The minimum Gasteiger partial charge on any atom is -0.870 e. The summed E-state index contributed by atoms with van der Waals surface area (Å²) in [7, 11) is -4.76. The van der Waals surface area contributed by atoms with Crippen LogP contribution in [-0.2, 0) is 10.4 Å². The van der Waals surface area contributed by atoms with Gasteiger partial charge in [-0.05, 0) is 11.2 Å². The zero-order chi connectivity index (χ0) is 14.0. The van der Waals surface area contributed by atoms with Crippen LogP contribution in [0.15, 0.2) is 12.2 Å². The second-order valence-corrected chi connectivity index (χ2v) is 4.75. The molecule has 0 atom stereocenters. The molecule has 12 heteroatoms. The molecule has 6 N–H and O–H groups in total. The van der Waals surface area contributed by atoms with Gasteiger partial charge in [0, 0.05) is 13.1 Å². The monoisotopic (exact) mass is 306 g/mol. The molecule has 0 radical (unpaired) electrons. The van der Waals surface area contributed by atoms with Gasteiger partial charge in [0.1, 0.15) is 0 Å². The molecular weight excluding hydrogens is 292 g/mol. The Hall–Kier alpha value is -2.18. The zero-order valence-corrected chi connectivity index (χ0v) is 11.1. The summed E-state index contributed by atoms with van der Waals surface area (Å²) in [6.07, 6.45) is 4.79. The van der Waals surface area contributed by atoms with Gasteiger partial charge in [-0.1, -0.05) is 22.1 Å². The lowest BCUT2D eigenvalue weighted by atomic mass is 10.3. The molecule has 11 nitrogen and oxygen atoms in total. The third-order valence-corrected chi connectivity index (χ3v) is 2.69. The van der Waals surface area contributed by atoms with Gasteiger partial charge in [0.15, 0.2) is 0 Å². The first-order valence-electron chi connectivity index (χ1n) is 5.29. The Bertz CT molecular complexity index is 595. The van der Waals surface area contributed by atoms with Gasteiger partial charge in [-0.25, -0.2) is 4.28 Å². The molecule has 1 aliphatic rings. The fourth-order valence-electron chi connectivity index (χ4n) is 1.57. The van der Waals surface area contributed by atoms with Crippen molar-refractivity contribution in [3.05, 3.63) is 12.2 Å². The summed E-state index contributed by atoms with van der Waals surface area (Å²) in [4.78, 5) is 9.58. The Morgan fingerprint density at radius 2 is 1.90 bits per heavy atom. The number of nitrogens with zero attached hydrogens (tertiary/aromatic N) is 4. The van der Waals surface area contributed by atoms with Gasteiger partial charge in [0.2, 0.25) is 0 Å². The van der Waals surface area contributed by atoms with Gasteiger partial charge < -0.3 is 21.8 Å². The van der Waals surface area contributed by atoms with E-state index in [1.54, 1.807) is 0 Å². The SMILES string of the molecule is Nc1nc(N2CC=CCC2)nc(N)[n+]1OS(=O)(=O)O.[OH-]. The van der Waals surface area contributed by atoms with Crippen LogP contribution in [0.5, 0.6) is 0 Å². The topological polar surface area (TPSA) is 179 Å². The highest BCUT2D eigenvalue weighted by Crippen LogP contribution is 2.12. The van der Waals surface area contributed by atoms with E-state index in [1.165, 1.54) is 0 Å². The van der Waals surface area contributed by atoms with Crippen molar-refractivity contribution in [2.75, 3.05) is 29.5 Å². The van der Waals surface area contributed by atoms with Crippen molar-refractivity contribution in [3.8, 4) is 0 Å². The Morgan fingerprint density at radius 3 is 2.35 bits per heavy atom. The maximum absolute atomic E-state index is 10.6. The summed E-state index contributed by atoms with van der Waals surface area (Å²) in [6, 6.07) is 0. The molecule has 1 aliphatic heterocycles. The van der Waals surface area contributed by atoms with Crippen molar-refractivity contribution in [2.24, 2.45) is 0 Å². The Kier molecular flexibility index (Phi) is 4.65. The van der Waals surface area contributed by atoms with Crippen molar-refractivity contribution in [1.82, 2.24) is 9.97 Å². The second kappa shape index (κ2) is 5.85. The highest BCUT2D eigenvalue weighted by molar-refractivity contribution is 7.80. The minimum atomic E-state index is -4.76. The van der Waals surface area contributed by atoms with Crippen LogP contribution < -0.4 is 25.4 Å². The van der Waals surface area contributed by atoms with Gasteiger partial charge >= 0.3 is 28.2 Å². The second-order valence-electron chi connectivity index (χ2n) is 3.74. The van der Waals surface area contributed by atoms with E-state index in [9.17, 15) is 8.42 Å². The fraction of sp³-hybridized carbons (Fsp3) is 0.375. The molecule has 0 aromatic carbocycles. The summed E-state index contributed by atoms with van der Waals surface area (Å²) in [6.45, 7) is 1.29. The van der Waals surface area contributed by atoms with E-state index in [0.29, 0.717) is 17.8 Å². The predicted molar refractivity (Wildman–Crippen MR) is 67.1 cm³/mol. The molecule has 1 aromatic rings. The van der Waals surface area contributed by atoms with Gasteiger partial charge in [-0.3, -0.25) is 4.55 Å². The molecule has 2 rings (SSSR count). The summed E-state index contributed by atoms with van der Waals surface area (Å²) in [5, 5.41) is 0. The fourth-order valence-corrected chi connectivity index (χ4v) is 1.91. The van der Waals surface area contributed by atoms with Gasteiger partial charge in [0.25, 0.3) is 0 Å². The Balaban J connectivity index is 0.00000200. The number of hydrogen-bond acceptors (Lipinski definition) is 9. The smallest absolute Gasteiger partial charge is 0.472 e. The van der Waals surface area contributed by atoms with E-state index in [-0.39, 0.29) is 23.3 Å². The number of rotatable bonds is 3. The van der Waals surface area contributed by atoms with Crippen LogP contribution in [-0.4, -0.2) is 41.5 Å². The first-order valence-corrected chi connectivity index (χ1v) is 6.66. The molecule has 0 amide bonds. The molecule has 0 unspecified atom stereocenters.